The van der Waals surface area contributed by atoms with Gasteiger partial charge in [-0.3, -0.25) is 5.10 Å². The van der Waals surface area contributed by atoms with E-state index >= 15 is 0 Å². The number of carbonyl (C=O) groups excluding carboxylic acids is 1. The highest BCUT2D eigenvalue weighted by Gasteiger charge is 2.03. The number of anilines is 1. The predicted molar refractivity (Wildman–Crippen MR) is 76.2 cm³/mol. The number of aromatic amines is 1. The molecular formula is C13H18N6O. The van der Waals surface area contributed by atoms with Gasteiger partial charge in [-0.15, -0.1) is 0 Å². The number of aromatic nitrogens is 3. The van der Waals surface area contributed by atoms with E-state index in [4.69, 9.17) is 5.73 Å². The summed E-state index contributed by atoms with van der Waals surface area (Å²) in [5.41, 5.74) is 7.52. The van der Waals surface area contributed by atoms with Gasteiger partial charge in [0, 0.05) is 24.7 Å². The molecule has 0 aliphatic carbocycles. The Morgan fingerprint density at radius 2 is 2.15 bits per heavy atom. The maximum atomic E-state index is 11.7. The van der Waals surface area contributed by atoms with Crippen LogP contribution >= 0.6 is 0 Å². The molecular weight excluding hydrogens is 256 g/mol. The fourth-order valence-corrected chi connectivity index (χ4v) is 1.69. The minimum absolute atomic E-state index is 0.0141. The van der Waals surface area contributed by atoms with Crippen molar-refractivity contribution in [2.24, 2.45) is 5.73 Å². The standard InChI is InChI=1S/C13H18N6O/c1-9(14)10-2-4-11(5-3-10)18-13(20)15-7-6-12-16-8-17-19-12/h2-5,8-9H,6-7,14H2,1H3,(H2,15,18,20)(H,16,17,19). The Morgan fingerprint density at radius 3 is 2.75 bits per heavy atom. The second-order valence-electron chi connectivity index (χ2n) is 4.47. The summed E-state index contributed by atoms with van der Waals surface area (Å²) in [6, 6.07) is 7.19. The molecule has 0 bridgehead atoms. The van der Waals surface area contributed by atoms with E-state index in [9.17, 15) is 4.79 Å². The average molecular weight is 274 g/mol. The molecule has 1 atom stereocenters. The van der Waals surface area contributed by atoms with Gasteiger partial charge >= 0.3 is 6.03 Å². The number of hydrogen-bond donors (Lipinski definition) is 4. The zero-order chi connectivity index (χ0) is 14.4. The number of benzene rings is 1. The zero-order valence-corrected chi connectivity index (χ0v) is 11.3. The van der Waals surface area contributed by atoms with E-state index in [0.29, 0.717) is 13.0 Å². The lowest BCUT2D eigenvalue weighted by molar-refractivity contribution is 0.252. The van der Waals surface area contributed by atoms with E-state index in [2.05, 4.69) is 25.8 Å². The highest BCUT2D eigenvalue weighted by molar-refractivity contribution is 5.89. The molecule has 5 N–H and O–H groups in total. The van der Waals surface area contributed by atoms with Crippen molar-refractivity contribution in [1.29, 1.82) is 0 Å². The summed E-state index contributed by atoms with van der Waals surface area (Å²) in [7, 11) is 0. The molecule has 106 valence electrons. The van der Waals surface area contributed by atoms with Crippen LogP contribution in [0.25, 0.3) is 0 Å². The number of carbonyl (C=O) groups is 1. The smallest absolute Gasteiger partial charge is 0.319 e. The number of amides is 2. The summed E-state index contributed by atoms with van der Waals surface area (Å²) in [6.45, 7) is 2.40. The molecule has 0 saturated heterocycles. The summed E-state index contributed by atoms with van der Waals surface area (Å²) < 4.78 is 0. The summed E-state index contributed by atoms with van der Waals surface area (Å²) in [5, 5.41) is 12.0. The quantitative estimate of drug-likeness (QED) is 0.656. The highest BCUT2D eigenvalue weighted by Crippen LogP contribution is 2.13. The molecule has 0 radical (unpaired) electrons. The van der Waals surface area contributed by atoms with E-state index < -0.39 is 0 Å². The van der Waals surface area contributed by atoms with Gasteiger partial charge in [0.1, 0.15) is 12.2 Å². The first-order chi connectivity index (χ1) is 9.65. The fraction of sp³-hybridized carbons (Fsp3) is 0.308. The van der Waals surface area contributed by atoms with Crippen LogP contribution in [-0.2, 0) is 6.42 Å². The van der Waals surface area contributed by atoms with E-state index in [-0.39, 0.29) is 12.1 Å². The van der Waals surface area contributed by atoms with Gasteiger partial charge in [-0.2, -0.15) is 5.10 Å². The summed E-state index contributed by atoms with van der Waals surface area (Å²) >= 11 is 0. The first-order valence-electron chi connectivity index (χ1n) is 6.40. The molecule has 1 aromatic heterocycles. The molecule has 0 aliphatic heterocycles. The van der Waals surface area contributed by atoms with Crippen LogP contribution in [-0.4, -0.2) is 27.8 Å². The van der Waals surface area contributed by atoms with Crippen molar-refractivity contribution in [3.63, 3.8) is 0 Å². The lowest BCUT2D eigenvalue weighted by Crippen LogP contribution is -2.30. The first kappa shape index (κ1) is 14.0. The molecule has 0 spiro atoms. The lowest BCUT2D eigenvalue weighted by atomic mass is 10.1. The molecule has 1 heterocycles. The molecule has 0 saturated carbocycles. The van der Waals surface area contributed by atoms with Crippen molar-refractivity contribution in [3.8, 4) is 0 Å². The molecule has 0 aliphatic rings. The van der Waals surface area contributed by atoms with Gasteiger partial charge in [0.05, 0.1) is 0 Å². The maximum Gasteiger partial charge on any atom is 0.319 e. The number of nitrogens with two attached hydrogens (primary N) is 1. The fourth-order valence-electron chi connectivity index (χ4n) is 1.69. The van der Waals surface area contributed by atoms with Gasteiger partial charge in [0.15, 0.2) is 0 Å². The number of H-pyrrole nitrogens is 1. The third-order valence-electron chi connectivity index (χ3n) is 2.81. The van der Waals surface area contributed by atoms with Crippen LogP contribution in [0.15, 0.2) is 30.6 Å². The van der Waals surface area contributed by atoms with Gasteiger partial charge in [0.25, 0.3) is 0 Å². The Kier molecular flexibility index (Phi) is 4.67. The van der Waals surface area contributed by atoms with Gasteiger partial charge in [-0.1, -0.05) is 12.1 Å². The van der Waals surface area contributed by atoms with Crippen molar-refractivity contribution in [1.82, 2.24) is 20.5 Å². The molecule has 2 amide bonds. The first-order valence-corrected chi connectivity index (χ1v) is 6.40. The van der Waals surface area contributed by atoms with E-state index in [0.717, 1.165) is 17.1 Å². The van der Waals surface area contributed by atoms with Gasteiger partial charge < -0.3 is 16.4 Å². The number of nitrogens with zero attached hydrogens (tertiary/aromatic N) is 2. The zero-order valence-electron chi connectivity index (χ0n) is 11.3. The van der Waals surface area contributed by atoms with Crippen LogP contribution in [0.2, 0.25) is 0 Å². The van der Waals surface area contributed by atoms with Crippen molar-refractivity contribution in [2.45, 2.75) is 19.4 Å². The van der Waals surface area contributed by atoms with Crippen molar-refractivity contribution in [3.05, 3.63) is 42.0 Å². The van der Waals surface area contributed by atoms with E-state index in [1.807, 2.05) is 31.2 Å². The second kappa shape index (κ2) is 6.67. The molecule has 2 rings (SSSR count). The summed E-state index contributed by atoms with van der Waals surface area (Å²) in [5.74, 6) is 0.742. The minimum Gasteiger partial charge on any atom is -0.337 e. The lowest BCUT2D eigenvalue weighted by Gasteiger charge is -2.09. The molecule has 0 fully saturated rings. The Hall–Kier alpha value is -2.41. The van der Waals surface area contributed by atoms with Crippen LogP contribution < -0.4 is 16.4 Å². The third kappa shape index (κ3) is 4.06. The van der Waals surface area contributed by atoms with Gasteiger partial charge in [-0.05, 0) is 24.6 Å². The molecule has 2 aromatic rings. The maximum absolute atomic E-state index is 11.7. The molecule has 7 heteroatoms. The Morgan fingerprint density at radius 1 is 1.40 bits per heavy atom. The Bertz CT molecular complexity index is 534. The van der Waals surface area contributed by atoms with Gasteiger partial charge in [-0.25, -0.2) is 9.78 Å². The monoisotopic (exact) mass is 274 g/mol. The van der Waals surface area contributed by atoms with Crippen molar-refractivity contribution in [2.75, 3.05) is 11.9 Å². The number of rotatable bonds is 5. The minimum atomic E-state index is -0.252. The number of hydrogen-bond acceptors (Lipinski definition) is 4. The SMILES string of the molecule is CC(N)c1ccc(NC(=O)NCCc2ncn[nH]2)cc1. The summed E-state index contributed by atoms with van der Waals surface area (Å²) in [6.07, 6.45) is 2.05. The summed E-state index contributed by atoms with van der Waals surface area (Å²) in [4.78, 5) is 15.6. The van der Waals surface area contributed by atoms with E-state index in [1.54, 1.807) is 0 Å². The largest absolute Gasteiger partial charge is 0.337 e. The van der Waals surface area contributed by atoms with Crippen LogP contribution in [0, 0.1) is 0 Å². The van der Waals surface area contributed by atoms with Crippen molar-refractivity contribution >= 4 is 11.7 Å². The Labute approximate surface area is 117 Å². The second-order valence-corrected chi connectivity index (χ2v) is 4.47. The highest BCUT2D eigenvalue weighted by atomic mass is 16.2. The normalized spacial score (nSPS) is 11.9. The van der Waals surface area contributed by atoms with Crippen LogP contribution in [0.5, 0.6) is 0 Å². The average Bonchev–Trinajstić information content (AvgIpc) is 2.92. The van der Waals surface area contributed by atoms with Crippen LogP contribution in [0.1, 0.15) is 24.4 Å². The third-order valence-corrected chi connectivity index (χ3v) is 2.81. The molecule has 20 heavy (non-hydrogen) atoms. The Balaban J connectivity index is 1.76. The van der Waals surface area contributed by atoms with Crippen LogP contribution in [0.3, 0.4) is 0 Å². The molecule has 1 unspecified atom stereocenters. The topological polar surface area (TPSA) is 109 Å². The predicted octanol–water partition coefficient (Wildman–Crippen LogP) is 1.19. The van der Waals surface area contributed by atoms with Crippen molar-refractivity contribution < 1.29 is 4.79 Å². The van der Waals surface area contributed by atoms with E-state index in [1.165, 1.54) is 6.33 Å². The number of nitrogens with one attached hydrogen (secondary N) is 3. The van der Waals surface area contributed by atoms with Gasteiger partial charge in [0.2, 0.25) is 0 Å². The van der Waals surface area contributed by atoms with Crippen LogP contribution in [0.4, 0.5) is 10.5 Å². The molecule has 7 nitrogen and oxygen atoms in total. The molecule has 1 aromatic carbocycles. The number of urea groups is 1.